The van der Waals surface area contributed by atoms with Crippen molar-refractivity contribution in [1.29, 1.82) is 0 Å². The lowest BCUT2D eigenvalue weighted by Crippen LogP contribution is -2.30. The first kappa shape index (κ1) is 15.6. The summed E-state index contributed by atoms with van der Waals surface area (Å²) in [6, 6.07) is 1.55. The summed E-state index contributed by atoms with van der Waals surface area (Å²) in [6.45, 7) is 8.45. The van der Waals surface area contributed by atoms with Crippen LogP contribution in [0.2, 0.25) is 5.02 Å². The Morgan fingerprint density at radius 1 is 1.52 bits per heavy atom. The zero-order chi connectivity index (χ0) is 15.6. The molecule has 2 aromatic rings. The van der Waals surface area contributed by atoms with Gasteiger partial charge in [-0.2, -0.15) is 10.2 Å². The molecule has 0 radical (unpaired) electrons. The molecule has 0 aliphatic carbocycles. The van der Waals surface area contributed by atoms with Crippen molar-refractivity contribution < 1.29 is 4.79 Å². The van der Waals surface area contributed by atoms with Gasteiger partial charge in [0, 0.05) is 11.6 Å². The van der Waals surface area contributed by atoms with Crippen molar-refractivity contribution in [2.45, 2.75) is 45.7 Å². The van der Waals surface area contributed by atoms with Crippen molar-refractivity contribution in [2.24, 2.45) is 0 Å². The number of hydrogen-bond donors (Lipinski definition) is 2. The van der Waals surface area contributed by atoms with Gasteiger partial charge in [0.25, 0.3) is 0 Å². The molecule has 6 nitrogen and oxygen atoms in total. The van der Waals surface area contributed by atoms with E-state index in [-0.39, 0.29) is 11.3 Å². The number of halogens is 1. The molecule has 21 heavy (non-hydrogen) atoms. The molecule has 2 aromatic heterocycles. The van der Waals surface area contributed by atoms with Gasteiger partial charge in [0.15, 0.2) is 0 Å². The van der Waals surface area contributed by atoms with Crippen LogP contribution in [-0.2, 0) is 16.8 Å². The molecule has 0 saturated carbocycles. The highest BCUT2D eigenvalue weighted by atomic mass is 35.5. The second-order valence-corrected chi connectivity index (χ2v) is 6.50. The maximum atomic E-state index is 12.1. The summed E-state index contributed by atoms with van der Waals surface area (Å²) in [5, 5.41) is 14.6. The molecule has 0 aromatic carbocycles. The number of hydrogen-bond acceptors (Lipinski definition) is 3. The van der Waals surface area contributed by atoms with E-state index >= 15 is 0 Å². The van der Waals surface area contributed by atoms with E-state index in [0.717, 1.165) is 11.4 Å². The number of aromatic nitrogens is 4. The number of H-pyrrole nitrogens is 1. The standard InChI is InChI=1S/C14H20ClN5O/c1-9(20-8-10(15)6-17-20)13(21)16-7-11-5-12(19-18-11)14(2,3)4/h5-6,8-9H,7H2,1-4H3,(H,16,21)(H,18,19). The SMILES string of the molecule is CC(C(=O)NCc1cc(C(C)(C)C)n[nH]1)n1cc(Cl)cn1. The van der Waals surface area contributed by atoms with Crippen LogP contribution in [0.25, 0.3) is 0 Å². The topological polar surface area (TPSA) is 75.6 Å². The van der Waals surface area contributed by atoms with Crippen molar-refractivity contribution in [3.63, 3.8) is 0 Å². The van der Waals surface area contributed by atoms with Crippen LogP contribution in [-0.4, -0.2) is 25.9 Å². The fourth-order valence-electron chi connectivity index (χ4n) is 1.81. The molecule has 1 amide bonds. The van der Waals surface area contributed by atoms with Crippen molar-refractivity contribution >= 4 is 17.5 Å². The Hall–Kier alpha value is -1.82. The van der Waals surface area contributed by atoms with Gasteiger partial charge in [-0.1, -0.05) is 32.4 Å². The van der Waals surface area contributed by atoms with Gasteiger partial charge in [0.05, 0.1) is 29.2 Å². The molecule has 0 aliphatic heterocycles. The number of nitrogens with zero attached hydrogens (tertiary/aromatic N) is 3. The number of carbonyl (C=O) groups is 1. The van der Waals surface area contributed by atoms with Gasteiger partial charge < -0.3 is 5.32 Å². The molecule has 0 aliphatic rings. The third-order valence-electron chi connectivity index (χ3n) is 3.20. The molecular weight excluding hydrogens is 290 g/mol. The van der Waals surface area contributed by atoms with Crippen LogP contribution >= 0.6 is 11.6 Å². The Morgan fingerprint density at radius 3 is 2.76 bits per heavy atom. The van der Waals surface area contributed by atoms with E-state index in [1.807, 2.05) is 6.07 Å². The average Bonchev–Trinajstić information content (AvgIpc) is 3.03. The summed E-state index contributed by atoms with van der Waals surface area (Å²) in [5.74, 6) is -0.123. The summed E-state index contributed by atoms with van der Waals surface area (Å²) >= 11 is 5.80. The molecule has 0 spiro atoms. The maximum Gasteiger partial charge on any atom is 0.244 e. The Bertz CT molecular complexity index is 625. The normalized spacial score (nSPS) is 13.2. The molecule has 1 unspecified atom stereocenters. The minimum absolute atomic E-state index is 0.0160. The van der Waals surface area contributed by atoms with Gasteiger partial charge in [-0.25, -0.2) is 0 Å². The van der Waals surface area contributed by atoms with Crippen molar-refractivity contribution in [3.8, 4) is 0 Å². The molecule has 1 atom stereocenters. The largest absolute Gasteiger partial charge is 0.349 e. The van der Waals surface area contributed by atoms with Crippen LogP contribution in [0.15, 0.2) is 18.5 Å². The van der Waals surface area contributed by atoms with Gasteiger partial charge in [0.2, 0.25) is 5.91 Å². The highest BCUT2D eigenvalue weighted by Crippen LogP contribution is 2.20. The molecule has 114 valence electrons. The van der Waals surface area contributed by atoms with Crippen LogP contribution in [0.5, 0.6) is 0 Å². The van der Waals surface area contributed by atoms with Crippen LogP contribution < -0.4 is 5.32 Å². The van der Waals surface area contributed by atoms with Crippen molar-refractivity contribution in [2.75, 3.05) is 0 Å². The van der Waals surface area contributed by atoms with Gasteiger partial charge in [-0.15, -0.1) is 0 Å². The number of amides is 1. The molecule has 0 bridgehead atoms. The number of aromatic amines is 1. The van der Waals surface area contributed by atoms with Gasteiger partial charge in [-0.05, 0) is 13.0 Å². The first-order valence-corrected chi connectivity index (χ1v) is 7.17. The van der Waals surface area contributed by atoms with Crippen LogP contribution in [0.3, 0.4) is 0 Å². The molecule has 0 saturated heterocycles. The van der Waals surface area contributed by atoms with E-state index in [4.69, 9.17) is 11.6 Å². The molecule has 2 rings (SSSR count). The monoisotopic (exact) mass is 309 g/mol. The van der Waals surface area contributed by atoms with Gasteiger partial charge in [-0.3, -0.25) is 14.6 Å². The highest BCUT2D eigenvalue weighted by Gasteiger charge is 2.19. The second-order valence-electron chi connectivity index (χ2n) is 6.06. The first-order valence-electron chi connectivity index (χ1n) is 6.79. The third-order valence-corrected chi connectivity index (χ3v) is 3.39. The Balaban J connectivity index is 1.93. The third kappa shape index (κ3) is 3.85. The first-order chi connectivity index (χ1) is 9.77. The molecular formula is C14H20ClN5O. The smallest absolute Gasteiger partial charge is 0.244 e. The van der Waals surface area contributed by atoms with Gasteiger partial charge in [0.1, 0.15) is 6.04 Å². The summed E-state index contributed by atoms with van der Waals surface area (Å²) in [4.78, 5) is 12.1. The van der Waals surface area contributed by atoms with E-state index in [9.17, 15) is 4.79 Å². The number of carbonyl (C=O) groups excluding carboxylic acids is 1. The van der Waals surface area contributed by atoms with E-state index in [1.54, 1.807) is 13.1 Å². The van der Waals surface area contributed by atoms with E-state index < -0.39 is 6.04 Å². The molecule has 7 heteroatoms. The number of nitrogens with one attached hydrogen (secondary N) is 2. The Kier molecular flexibility index (Phi) is 4.37. The van der Waals surface area contributed by atoms with Crippen LogP contribution in [0, 0.1) is 0 Å². The lowest BCUT2D eigenvalue weighted by molar-refractivity contribution is -0.124. The molecule has 0 fully saturated rings. The van der Waals surface area contributed by atoms with Crippen LogP contribution in [0.1, 0.15) is 45.1 Å². The lowest BCUT2D eigenvalue weighted by Gasteiger charge is -2.13. The van der Waals surface area contributed by atoms with Gasteiger partial charge >= 0.3 is 0 Å². The minimum Gasteiger partial charge on any atom is -0.349 e. The molecule has 2 N–H and O–H groups in total. The van der Waals surface area contributed by atoms with Crippen molar-refractivity contribution in [3.05, 3.63) is 34.9 Å². The van der Waals surface area contributed by atoms with Crippen LogP contribution in [0.4, 0.5) is 0 Å². The molecule has 2 heterocycles. The fraction of sp³-hybridized carbons (Fsp3) is 0.500. The minimum atomic E-state index is -0.414. The zero-order valence-electron chi connectivity index (χ0n) is 12.6. The predicted molar refractivity (Wildman–Crippen MR) is 81.1 cm³/mol. The van der Waals surface area contributed by atoms with E-state index in [2.05, 4.69) is 41.4 Å². The second kappa shape index (κ2) is 5.89. The Morgan fingerprint density at radius 2 is 2.24 bits per heavy atom. The van der Waals surface area contributed by atoms with E-state index in [1.165, 1.54) is 10.9 Å². The summed E-state index contributed by atoms with van der Waals surface area (Å²) < 4.78 is 1.53. The highest BCUT2D eigenvalue weighted by molar-refractivity contribution is 6.30. The van der Waals surface area contributed by atoms with Crippen molar-refractivity contribution in [1.82, 2.24) is 25.3 Å². The average molecular weight is 310 g/mol. The quantitative estimate of drug-likeness (QED) is 0.910. The predicted octanol–water partition coefficient (Wildman–Crippen LogP) is 2.43. The Labute approximate surface area is 128 Å². The maximum absolute atomic E-state index is 12.1. The fourth-order valence-corrected chi connectivity index (χ4v) is 1.96. The summed E-state index contributed by atoms with van der Waals surface area (Å²) in [6.07, 6.45) is 3.13. The lowest BCUT2D eigenvalue weighted by atomic mass is 9.92. The van der Waals surface area contributed by atoms with E-state index in [0.29, 0.717) is 11.6 Å². The zero-order valence-corrected chi connectivity index (χ0v) is 13.4. The summed E-state index contributed by atoms with van der Waals surface area (Å²) in [5.41, 5.74) is 1.83. The number of rotatable bonds is 4. The summed E-state index contributed by atoms with van der Waals surface area (Å²) in [7, 11) is 0.